The highest BCUT2D eigenvalue weighted by molar-refractivity contribution is 5.92. The van der Waals surface area contributed by atoms with Crippen molar-refractivity contribution in [3.8, 4) is 0 Å². The number of methoxy groups -OCH3 is 1. The van der Waals surface area contributed by atoms with Crippen molar-refractivity contribution in [3.05, 3.63) is 34.9 Å². The standard InChI is InChI=1S/C14H19NO4/c1-10-4-5-11(2)12(8-10)14(17)19-9-13(16)15-6-7-18-3/h4-5,8H,6-7,9H2,1-3H3,(H,15,16). The number of nitrogens with one attached hydrogen (secondary N) is 1. The van der Waals surface area contributed by atoms with Gasteiger partial charge in [-0.2, -0.15) is 0 Å². The minimum absolute atomic E-state index is 0.282. The van der Waals surface area contributed by atoms with Crippen LogP contribution in [0.15, 0.2) is 18.2 Å². The van der Waals surface area contributed by atoms with E-state index in [9.17, 15) is 9.59 Å². The van der Waals surface area contributed by atoms with Crippen LogP contribution in [0.2, 0.25) is 0 Å². The number of carbonyl (C=O) groups is 2. The van der Waals surface area contributed by atoms with Crippen LogP contribution in [0.5, 0.6) is 0 Å². The van der Waals surface area contributed by atoms with Crippen LogP contribution in [0.4, 0.5) is 0 Å². The fourth-order valence-electron chi connectivity index (χ4n) is 1.51. The molecule has 0 atom stereocenters. The molecular formula is C14H19NO4. The van der Waals surface area contributed by atoms with Gasteiger partial charge in [-0.1, -0.05) is 17.7 Å². The third kappa shape index (κ3) is 5.09. The van der Waals surface area contributed by atoms with Crippen LogP contribution in [-0.2, 0) is 14.3 Å². The maximum atomic E-state index is 11.8. The van der Waals surface area contributed by atoms with E-state index in [1.807, 2.05) is 26.0 Å². The van der Waals surface area contributed by atoms with Gasteiger partial charge in [-0.25, -0.2) is 4.79 Å². The molecule has 0 unspecified atom stereocenters. The Kier molecular flexibility index (Phi) is 6.02. The lowest BCUT2D eigenvalue weighted by Gasteiger charge is -2.08. The molecule has 104 valence electrons. The Bertz CT molecular complexity index is 457. The highest BCUT2D eigenvalue weighted by atomic mass is 16.5. The average molecular weight is 265 g/mol. The van der Waals surface area contributed by atoms with E-state index in [0.717, 1.165) is 11.1 Å². The summed E-state index contributed by atoms with van der Waals surface area (Å²) in [5, 5.41) is 2.58. The summed E-state index contributed by atoms with van der Waals surface area (Å²) in [7, 11) is 1.55. The Hall–Kier alpha value is -1.88. The van der Waals surface area contributed by atoms with E-state index < -0.39 is 5.97 Å². The number of carbonyl (C=O) groups excluding carboxylic acids is 2. The molecule has 1 aromatic rings. The van der Waals surface area contributed by atoms with Gasteiger partial charge in [-0.3, -0.25) is 4.79 Å². The van der Waals surface area contributed by atoms with Gasteiger partial charge in [-0.05, 0) is 25.5 Å². The van der Waals surface area contributed by atoms with E-state index in [2.05, 4.69) is 5.32 Å². The highest BCUT2D eigenvalue weighted by Gasteiger charge is 2.12. The Morgan fingerprint density at radius 3 is 2.68 bits per heavy atom. The van der Waals surface area contributed by atoms with Gasteiger partial charge in [0.15, 0.2) is 6.61 Å². The summed E-state index contributed by atoms with van der Waals surface area (Å²) in [4.78, 5) is 23.2. The van der Waals surface area contributed by atoms with Crippen LogP contribution in [0.1, 0.15) is 21.5 Å². The second kappa shape index (κ2) is 7.53. The molecule has 1 N–H and O–H groups in total. The van der Waals surface area contributed by atoms with E-state index in [1.165, 1.54) is 0 Å². The third-order valence-corrected chi connectivity index (χ3v) is 2.58. The van der Waals surface area contributed by atoms with Gasteiger partial charge in [0, 0.05) is 13.7 Å². The van der Waals surface area contributed by atoms with Gasteiger partial charge in [-0.15, -0.1) is 0 Å². The molecule has 0 radical (unpaired) electrons. The van der Waals surface area contributed by atoms with Crippen LogP contribution >= 0.6 is 0 Å². The predicted octanol–water partition coefficient (Wildman–Crippen LogP) is 1.22. The molecule has 5 nitrogen and oxygen atoms in total. The SMILES string of the molecule is COCCNC(=O)COC(=O)c1cc(C)ccc1C. The fraction of sp³-hybridized carbons (Fsp3) is 0.429. The van der Waals surface area contributed by atoms with E-state index in [-0.39, 0.29) is 12.5 Å². The molecule has 0 fully saturated rings. The smallest absolute Gasteiger partial charge is 0.338 e. The first-order chi connectivity index (χ1) is 9.04. The van der Waals surface area contributed by atoms with Crippen LogP contribution in [0.3, 0.4) is 0 Å². The number of benzene rings is 1. The minimum atomic E-state index is -0.483. The largest absolute Gasteiger partial charge is 0.452 e. The van der Waals surface area contributed by atoms with Crippen LogP contribution in [0, 0.1) is 13.8 Å². The maximum absolute atomic E-state index is 11.8. The van der Waals surface area contributed by atoms with Crippen molar-refractivity contribution in [2.75, 3.05) is 26.9 Å². The zero-order valence-corrected chi connectivity index (χ0v) is 11.5. The molecule has 0 saturated carbocycles. The number of ether oxygens (including phenoxy) is 2. The topological polar surface area (TPSA) is 64.6 Å². The lowest BCUT2D eigenvalue weighted by atomic mass is 10.1. The first kappa shape index (κ1) is 15.2. The second-order valence-corrected chi connectivity index (χ2v) is 4.24. The number of hydrogen-bond donors (Lipinski definition) is 1. The van der Waals surface area contributed by atoms with Crippen molar-refractivity contribution in [1.82, 2.24) is 5.32 Å². The lowest BCUT2D eigenvalue weighted by molar-refractivity contribution is -0.124. The molecular weight excluding hydrogens is 246 g/mol. The Labute approximate surface area is 112 Å². The molecule has 0 bridgehead atoms. The number of esters is 1. The summed E-state index contributed by atoms with van der Waals surface area (Å²) >= 11 is 0. The van der Waals surface area contributed by atoms with Gasteiger partial charge in [0.05, 0.1) is 12.2 Å². The number of hydrogen-bond acceptors (Lipinski definition) is 4. The maximum Gasteiger partial charge on any atom is 0.338 e. The summed E-state index contributed by atoms with van der Waals surface area (Å²) in [5.41, 5.74) is 2.29. The van der Waals surface area contributed by atoms with Crippen molar-refractivity contribution in [1.29, 1.82) is 0 Å². The van der Waals surface area contributed by atoms with Crippen molar-refractivity contribution in [2.45, 2.75) is 13.8 Å². The van der Waals surface area contributed by atoms with Crippen molar-refractivity contribution >= 4 is 11.9 Å². The van der Waals surface area contributed by atoms with Crippen molar-refractivity contribution in [2.24, 2.45) is 0 Å². The molecule has 0 aliphatic heterocycles. The predicted molar refractivity (Wildman–Crippen MR) is 71.1 cm³/mol. The molecule has 0 heterocycles. The zero-order chi connectivity index (χ0) is 14.3. The second-order valence-electron chi connectivity index (χ2n) is 4.24. The van der Waals surface area contributed by atoms with Crippen molar-refractivity contribution in [3.63, 3.8) is 0 Å². The normalized spacial score (nSPS) is 10.1. The van der Waals surface area contributed by atoms with Gasteiger partial charge in [0.25, 0.3) is 5.91 Å². The molecule has 1 amide bonds. The first-order valence-electron chi connectivity index (χ1n) is 6.04. The summed E-state index contributed by atoms with van der Waals surface area (Å²) in [6.07, 6.45) is 0. The summed E-state index contributed by atoms with van der Waals surface area (Å²) in [6, 6.07) is 5.52. The van der Waals surface area contributed by atoms with E-state index in [0.29, 0.717) is 18.7 Å². The monoisotopic (exact) mass is 265 g/mol. The van der Waals surface area contributed by atoms with Gasteiger partial charge < -0.3 is 14.8 Å². The van der Waals surface area contributed by atoms with Gasteiger partial charge in [0.1, 0.15) is 0 Å². The molecule has 1 rings (SSSR count). The number of amides is 1. The molecule has 0 aliphatic rings. The molecule has 0 saturated heterocycles. The summed E-state index contributed by atoms with van der Waals surface area (Å²) in [5.74, 6) is -0.821. The van der Waals surface area contributed by atoms with Gasteiger partial charge >= 0.3 is 5.97 Å². The zero-order valence-electron chi connectivity index (χ0n) is 11.5. The molecule has 0 aliphatic carbocycles. The van der Waals surface area contributed by atoms with Gasteiger partial charge in [0.2, 0.25) is 0 Å². The molecule has 0 spiro atoms. The third-order valence-electron chi connectivity index (χ3n) is 2.58. The Morgan fingerprint density at radius 1 is 1.26 bits per heavy atom. The van der Waals surface area contributed by atoms with Crippen LogP contribution < -0.4 is 5.32 Å². The highest BCUT2D eigenvalue weighted by Crippen LogP contribution is 2.11. The van der Waals surface area contributed by atoms with Crippen LogP contribution in [0.25, 0.3) is 0 Å². The number of rotatable bonds is 6. The lowest BCUT2D eigenvalue weighted by Crippen LogP contribution is -2.31. The van der Waals surface area contributed by atoms with E-state index in [1.54, 1.807) is 13.2 Å². The molecule has 19 heavy (non-hydrogen) atoms. The first-order valence-corrected chi connectivity index (χ1v) is 6.04. The van der Waals surface area contributed by atoms with E-state index in [4.69, 9.17) is 9.47 Å². The average Bonchev–Trinajstić information content (AvgIpc) is 2.39. The van der Waals surface area contributed by atoms with E-state index >= 15 is 0 Å². The molecule has 0 aromatic heterocycles. The van der Waals surface area contributed by atoms with Crippen molar-refractivity contribution < 1.29 is 19.1 Å². The van der Waals surface area contributed by atoms with Crippen LogP contribution in [-0.4, -0.2) is 38.7 Å². The Morgan fingerprint density at radius 2 is 2.00 bits per heavy atom. The molecule has 1 aromatic carbocycles. The Balaban J connectivity index is 2.47. The number of aryl methyl sites for hydroxylation is 2. The summed E-state index contributed by atoms with van der Waals surface area (Å²) in [6.45, 7) is 4.27. The quantitative estimate of drug-likeness (QED) is 0.620. The summed E-state index contributed by atoms with van der Waals surface area (Å²) < 4.78 is 9.76. The minimum Gasteiger partial charge on any atom is -0.452 e. The molecule has 5 heteroatoms. The fourth-order valence-corrected chi connectivity index (χ4v) is 1.51.